The van der Waals surface area contributed by atoms with Crippen molar-refractivity contribution in [3.05, 3.63) is 63.7 Å². The predicted octanol–water partition coefficient (Wildman–Crippen LogP) is 3.31. The lowest BCUT2D eigenvalue weighted by atomic mass is 9.96. The Morgan fingerprint density at radius 3 is 2.59 bits per heavy atom. The Kier molecular flexibility index (Phi) is 3.50. The number of methoxy groups -OCH3 is 1. The van der Waals surface area contributed by atoms with Crippen LogP contribution in [0.3, 0.4) is 0 Å². The van der Waals surface area contributed by atoms with Gasteiger partial charge in [0.25, 0.3) is 5.69 Å². The van der Waals surface area contributed by atoms with E-state index < -0.39 is 11.0 Å². The number of carbonyl (C=O) groups is 1. The highest BCUT2D eigenvalue weighted by Gasteiger charge is 2.29. The second-order valence-electron chi connectivity index (χ2n) is 4.94. The van der Waals surface area contributed by atoms with Crippen molar-refractivity contribution >= 4 is 11.5 Å². The number of non-ortho nitro benzene ring substituents is 1. The Balaban J connectivity index is 1.90. The maximum absolute atomic E-state index is 12.2. The van der Waals surface area contributed by atoms with Gasteiger partial charge in [0.15, 0.2) is 5.78 Å². The quantitative estimate of drug-likeness (QED) is 0.641. The molecule has 0 saturated carbocycles. The van der Waals surface area contributed by atoms with Gasteiger partial charge in [0, 0.05) is 12.1 Å². The summed E-state index contributed by atoms with van der Waals surface area (Å²) in [7, 11) is 1.58. The fraction of sp³-hybridized carbons (Fsp3) is 0.188. The summed E-state index contributed by atoms with van der Waals surface area (Å²) in [5, 5.41) is 10.8. The van der Waals surface area contributed by atoms with Crippen LogP contribution in [0.2, 0.25) is 0 Å². The van der Waals surface area contributed by atoms with E-state index in [9.17, 15) is 14.9 Å². The monoisotopic (exact) mass is 299 g/mol. The molecule has 1 atom stereocenters. The maximum Gasteiger partial charge on any atom is 0.270 e. The van der Waals surface area contributed by atoms with Crippen LogP contribution in [-0.2, 0) is 0 Å². The molecule has 0 spiro atoms. The second kappa shape index (κ2) is 5.48. The molecule has 6 nitrogen and oxygen atoms in total. The lowest BCUT2D eigenvalue weighted by Gasteiger charge is -2.25. The molecule has 22 heavy (non-hydrogen) atoms. The van der Waals surface area contributed by atoms with E-state index in [1.165, 1.54) is 18.2 Å². The number of hydrogen-bond donors (Lipinski definition) is 0. The molecule has 0 N–H and O–H groups in total. The van der Waals surface area contributed by atoms with Crippen LogP contribution in [0.4, 0.5) is 5.69 Å². The van der Waals surface area contributed by atoms with E-state index in [4.69, 9.17) is 9.47 Å². The van der Waals surface area contributed by atoms with Gasteiger partial charge in [-0.3, -0.25) is 14.9 Å². The molecule has 2 aromatic carbocycles. The lowest BCUT2D eigenvalue weighted by molar-refractivity contribution is -0.384. The Bertz CT molecular complexity index is 739. The summed E-state index contributed by atoms with van der Waals surface area (Å²) in [5.74, 6) is 0.940. The number of nitro groups is 1. The van der Waals surface area contributed by atoms with Crippen LogP contribution in [0.25, 0.3) is 0 Å². The number of carbonyl (C=O) groups excluding carboxylic acids is 1. The minimum Gasteiger partial charge on any atom is -0.497 e. The summed E-state index contributed by atoms with van der Waals surface area (Å²) >= 11 is 0. The third-order valence-corrected chi connectivity index (χ3v) is 3.60. The summed E-state index contributed by atoms with van der Waals surface area (Å²) in [5.41, 5.74) is 1.01. The molecule has 6 heteroatoms. The SMILES string of the molecule is COc1ccc([C@@H]2CC(=O)c3cc([N+](=O)[O-])ccc3O2)cc1. The minimum atomic E-state index is -0.525. The van der Waals surface area contributed by atoms with Crippen molar-refractivity contribution in [2.24, 2.45) is 0 Å². The number of benzene rings is 2. The van der Waals surface area contributed by atoms with Crippen LogP contribution >= 0.6 is 0 Å². The number of ketones is 1. The molecular weight excluding hydrogens is 286 g/mol. The first kappa shape index (κ1) is 14.1. The van der Waals surface area contributed by atoms with Crippen LogP contribution in [0, 0.1) is 10.1 Å². The molecule has 0 amide bonds. The van der Waals surface area contributed by atoms with E-state index in [2.05, 4.69) is 0 Å². The van der Waals surface area contributed by atoms with Crippen molar-refractivity contribution in [2.45, 2.75) is 12.5 Å². The molecular formula is C16H13NO5. The summed E-state index contributed by atoms with van der Waals surface area (Å²) in [4.78, 5) is 22.5. The molecule has 0 radical (unpaired) electrons. The van der Waals surface area contributed by atoms with Crippen LogP contribution in [0.15, 0.2) is 42.5 Å². The van der Waals surface area contributed by atoms with E-state index >= 15 is 0 Å². The highest BCUT2D eigenvalue weighted by molar-refractivity contribution is 6.00. The Morgan fingerprint density at radius 2 is 1.95 bits per heavy atom. The van der Waals surface area contributed by atoms with Crippen LogP contribution < -0.4 is 9.47 Å². The third kappa shape index (κ3) is 2.50. The summed E-state index contributed by atoms with van der Waals surface area (Å²) < 4.78 is 10.9. The number of Topliss-reactive ketones (excluding diaryl/α,β-unsaturated/α-hetero) is 1. The van der Waals surface area contributed by atoms with Crippen molar-refractivity contribution < 1.29 is 19.2 Å². The zero-order valence-corrected chi connectivity index (χ0v) is 11.8. The van der Waals surface area contributed by atoms with Gasteiger partial charge in [-0.1, -0.05) is 12.1 Å². The highest BCUT2D eigenvalue weighted by atomic mass is 16.6. The van der Waals surface area contributed by atoms with Crippen LogP contribution in [0.1, 0.15) is 28.4 Å². The van der Waals surface area contributed by atoms with Crippen molar-refractivity contribution in [3.8, 4) is 11.5 Å². The normalized spacial score (nSPS) is 16.6. The van der Waals surface area contributed by atoms with Gasteiger partial charge in [-0.15, -0.1) is 0 Å². The fourth-order valence-corrected chi connectivity index (χ4v) is 2.43. The smallest absolute Gasteiger partial charge is 0.270 e. The van der Waals surface area contributed by atoms with Gasteiger partial charge in [0.1, 0.15) is 17.6 Å². The van der Waals surface area contributed by atoms with E-state index in [0.717, 1.165) is 11.3 Å². The lowest BCUT2D eigenvalue weighted by Crippen LogP contribution is -2.20. The van der Waals surface area contributed by atoms with Gasteiger partial charge in [-0.2, -0.15) is 0 Å². The van der Waals surface area contributed by atoms with Gasteiger partial charge < -0.3 is 9.47 Å². The molecule has 2 aromatic rings. The summed E-state index contributed by atoms with van der Waals surface area (Å²) in [6.45, 7) is 0. The molecule has 1 aliphatic heterocycles. The number of hydrogen-bond acceptors (Lipinski definition) is 5. The average Bonchev–Trinajstić information content (AvgIpc) is 2.54. The average molecular weight is 299 g/mol. The van der Waals surface area contributed by atoms with Crippen molar-refractivity contribution in [1.29, 1.82) is 0 Å². The molecule has 112 valence electrons. The van der Waals surface area contributed by atoms with Crippen LogP contribution in [-0.4, -0.2) is 17.8 Å². The summed E-state index contributed by atoms with van der Waals surface area (Å²) in [6.07, 6.45) is -0.243. The molecule has 3 rings (SSSR count). The predicted molar refractivity (Wildman–Crippen MR) is 78.4 cm³/mol. The van der Waals surface area contributed by atoms with Gasteiger partial charge >= 0.3 is 0 Å². The zero-order chi connectivity index (χ0) is 15.7. The molecule has 0 bridgehead atoms. The number of nitro benzene ring substituents is 1. The third-order valence-electron chi connectivity index (χ3n) is 3.60. The number of nitrogens with zero attached hydrogens (tertiary/aromatic N) is 1. The minimum absolute atomic E-state index is 0.112. The summed E-state index contributed by atoms with van der Waals surface area (Å²) in [6, 6.07) is 11.4. The highest BCUT2D eigenvalue weighted by Crippen LogP contribution is 2.36. The van der Waals surface area contributed by atoms with Crippen molar-refractivity contribution in [1.82, 2.24) is 0 Å². The van der Waals surface area contributed by atoms with E-state index in [1.807, 2.05) is 12.1 Å². The number of rotatable bonds is 3. The molecule has 0 fully saturated rings. The van der Waals surface area contributed by atoms with Gasteiger partial charge in [0.05, 0.1) is 24.0 Å². The Labute approximate surface area is 126 Å². The van der Waals surface area contributed by atoms with E-state index in [-0.39, 0.29) is 23.5 Å². The van der Waals surface area contributed by atoms with Crippen molar-refractivity contribution in [3.63, 3.8) is 0 Å². The first-order valence-corrected chi connectivity index (χ1v) is 6.70. The van der Waals surface area contributed by atoms with Gasteiger partial charge in [0.2, 0.25) is 0 Å². The standard InChI is InChI=1S/C16H13NO5/c1-21-12-5-2-10(3-6-12)16-9-14(18)13-8-11(17(19)20)4-7-15(13)22-16/h2-8,16H,9H2,1H3/t16-/m0/s1. The van der Waals surface area contributed by atoms with Crippen molar-refractivity contribution in [2.75, 3.05) is 7.11 Å². The molecule has 0 aliphatic carbocycles. The maximum atomic E-state index is 12.2. The molecule has 1 aliphatic rings. The molecule has 0 saturated heterocycles. The molecule has 1 heterocycles. The van der Waals surface area contributed by atoms with E-state index in [1.54, 1.807) is 19.2 Å². The Morgan fingerprint density at radius 1 is 1.23 bits per heavy atom. The first-order chi connectivity index (χ1) is 10.6. The van der Waals surface area contributed by atoms with E-state index in [0.29, 0.717) is 5.75 Å². The van der Waals surface area contributed by atoms with Gasteiger partial charge in [-0.05, 0) is 23.8 Å². The molecule has 0 unspecified atom stereocenters. The van der Waals surface area contributed by atoms with Gasteiger partial charge in [-0.25, -0.2) is 0 Å². The molecule has 0 aromatic heterocycles. The number of fused-ring (bicyclic) bond motifs is 1. The number of ether oxygens (including phenoxy) is 2. The Hall–Kier alpha value is -2.89. The largest absolute Gasteiger partial charge is 0.497 e. The fourth-order valence-electron chi connectivity index (χ4n) is 2.43. The zero-order valence-electron chi connectivity index (χ0n) is 11.8. The second-order valence-corrected chi connectivity index (χ2v) is 4.94. The first-order valence-electron chi connectivity index (χ1n) is 6.70. The topological polar surface area (TPSA) is 78.7 Å². The van der Waals surface area contributed by atoms with Crippen LogP contribution in [0.5, 0.6) is 11.5 Å².